The number of aliphatic hydroxyl groups excluding tert-OH is 3. The predicted octanol–water partition coefficient (Wildman–Crippen LogP) is -1.98. The molecule has 0 spiro atoms. The molecule has 1 unspecified atom stereocenters. The molecule has 1 aliphatic rings. The number of nitrogens with zero attached hydrogens (tertiary/aromatic N) is 4. The number of imidazole rings is 1. The Bertz CT molecular complexity index is 726. The van der Waals surface area contributed by atoms with E-state index in [0.717, 1.165) is 0 Å². The van der Waals surface area contributed by atoms with Crippen LogP contribution in [0.15, 0.2) is 12.7 Å². The largest absolute Gasteiger partial charge is 0.392 e. The summed E-state index contributed by atoms with van der Waals surface area (Å²) in [4.78, 5) is 11.9. The first-order valence-electron chi connectivity index (χ1n) is 6.09. The van der Waals surface area contributed by atoms with E-state index in [1.807, 2.05) is 0 Å². The maximum atomic E-state index is 10.2. The van der Waals surface area contributed by atoms with Crippen LogP contribution in [0.5, 0.6) is 0 Å². The van der Waals surface area contributed by atoms with E-state index in [9.17, 15) is 15.3 Å². The van der Waals surface area contributed by atoms with Crippen LogP contribution in [-0.2, 0) is 4.74 Å². The molecule has 2 aromatic rings. The molecule has 3 heterocycles. The van der Waals surface area contributed by atoms with Crippen LogP contribution in [0.25, 0.3) is 11.2 Å². The van der Waals surface area contributed by atoms with Gasteiger partial charge >= 0.3 is 0 Å². The van der Waals surface area contributed by atoms with E-state index in [0.29, 0.717) is 11.2 Å². The van der Waals surface area contributed by atoms with E-state index in [4.69, 9.17) is 16.9 Å². The van der Waals surface area contributed by atoms with E-state index in [-0.39, 0.29) is 5.82 Å². The fourth-order valence-electron chi connectivity index (χ4n) is 2.36. The first-order chi connectivity index (χ1) is 10.0. The number of terminal acetylenes is 1. The fourth-order valence-corrected chi connectivity index (χ4v) is 2.36. The standard InChI is InChI=1S/C12H13N5O4/c1-2-12(3-18)8(20)7(19)11(21-12)17-5-16-6-9(13)14-4-15-10(6)17/h1,4-5,7-8,11,18-20H,3H2,(H2,13,14,15)/t7-,8-,11?,12+/m0/s1. The number of nitrogen functional groups attached to an aromatic ring is 1. The van der Waals surface area contributed by atoms with Gasteiger partial charge in [-0.15, -0.1) is 6.42 Å². The van der Waals surface area contributed by atoms with Crippen molar-refractivity contribution >= 4 is 17.0 Å². The Hall–Kier alpha value is -2.25. The molecule has 3 rings (SSSR count). The van der Waals surface area contributed by atoms with Crippen molar-refractivity contribution in [2.75, 3.05) is 12.3 Å². The second kappa shape index (κ2) is 4.64. The lowest BCUT2D eigenvalue weighted by atomic mass is 9.97. The van der Waals surface area contributed by atoms with Gasteiger partial charge in [-0.1, -0.05) is 5.92 Å². The molecular formula is C12H13N5O4. The molecule has 0 amide bonds. The second-order valence-corrected chi connectivity index (χ2v) is 4.72. The molecule has 4 atom stereocenters. The molecule has 2 aromatic heterocycles. The third-order valence-electron chi connectivity index (χ3n) is 3.56. The summed E-state index contributed by atoms with van der Waals surface area (Å²) in [6.07, 6.45) is 4.04. The zero-order chi connectivity index (χ0) is 15.2. The zero-order valence-corrected chi connectivity index (χ0v) is 10.8. The van der Waals surface area contributed by atoms with Crippen molar-refractivity contribution in [3.8, 4) is 12.3 Å². The minimum Gasteiger partial charge on any atom is -0.392 e. The normalized spacial score (nSPS) is 32.4. The number of fused-ring (bicyclic) bond motifs is 1. The van der Waals surface area contributed by atoms with Gasteiger partial charge < -0.3 is 25.8 Å². The zero-order valence-electron chi connectivity index (χ0n) is 10.8. The maximum Gasteiger partial charge on any atom is 0.182 e. The van der Waals surface area contributed by atoms with Crippen molar-refractivity contribution in [2.24, 2.45) is 0 Å². The minimum absolute atomic E-state index is 0.178. The summed E-state index contributed by atoms with van der Waals surface area (Å²) in [7, 11) is 0. The monoisotopic (exact) mass is 291 g/mol. The van der Waals surface area contributed by atoms with Crippen LogP contribution in [-0.4, -0.2) is 59.3 Å². The first kappa shape index (κ1) is 13.7. The van der Waals surface area contributed by atoms with Gasteiger partial charge in [-0.25, -0.2) is 15.0 Å². The van der Waals surface area contributed by atoms with Crippen molar-refractivity contribution in [3.63, 3.8) is 0 Å². The van der Waals surface area contributed by atoms with E-state index >= 15 is 0 Å². The number of aliphatic hydroxyl groups is 3. The van der Waals surface area contributed by atoms with Gasteiger partial charge in [0.15, 0.2) is 23.3 Å². The Morgan fingerprint density at radius 2 is 2.19 bits per heavy atom. The lowest BCUT2D eigenvalue weighted by Gasteiger charge is -2.23. The third kappa shape index (κ3) is 1.78. The number of hydrogen-bond acceptors (Lipinski definition) is 8. The van der Waals surface area contributed by atoms with Gasteiger partial charge in [0.05, 0.1) is 12.9 Å². The Balaban J connectivity index is 2.08. The van der Waals surface area contributed by atoms with Crippen molar-refractivity contribution in [2.45, 2.75) is 24.0 Å². The van der Waals surface area contributed by atoms with Gasteiger partial charge in [0, 0.05) is 0 Å². The Morgan fingerprint density at radius 3 is 2.81 bits per heavy atom. The Labute approximate surface area is 119 Å². The average molecular weight is 291 g/mol. The van der Waals surface area contributed by atoms with Crippen LogP contribution < -0.4 is 5.73 Å². The van der Waals surface area contributed by atoms with Crippen LogP contribution in [0.2, 0.25) is 0 Å². The van der Waals surface area contributed by atoms with Gasteiger partial charge in [-0.2, -0.15) is 0 Å². The molecule has 0 radical (unpaired) electrons. The first-order valence-corrected chi connectivity index (χ1v) is 6.09. The van der Waals surface area contributed by atoms with Crippen LogP contribution >= 0.6 is 0 Å². The summed E-state index contributed by atoms with van der Waals surface area (Å²) in [5.74, 6) is 2.36. The van der Waals surface area contributed by atoms with Gasteiger partial charge in [0.1, 0.15) is 24.1 Å². The number of anilines is 1. The van der Waals surface area contributed by atoms with Gasteiger partial charge in [0.25, 0.3) is 0 Å². The number of ether oxygens (including phenoxy) is 1. The number of rotatable bonds is 2. The molecule has 0 aromatic carbocycles. The molecule has 0 bridgehead atoms. The topological polar surface area (TPSA) is 140 Å². The minimum atomic E-state index is -1.68. The Morgan fingerprint density at radius 1 is 1.43 bits per heavy atom. The highest BCUT2D eigenvalue weighted by molar-refractivity contribution is 5.81. The quantitative estimate of drug-likeness (QED) is 0.467. The van der Waals surface area contributed by atoms with Gasteiger partial charge in [0.2, 0.25) is 0 Å². The molecule has 1 saturated heterocycles. The van der Waals surface area contributed by atoms with Gasteiger partial charge in [-0.3, -0.25) is 4.57 Å². The molecule has 21 heavy (non-hydrogen) atoms. The highest BCUT2D eigenvalue weighted by Gasteiger charge is 2.54. The van der Waals surface area contributed by atoms with Crippen molar-refractivity contribution < 1.29 is 20.1 Å². The summed E-state index contributed by atoms with van der Waals surface area (Å²) in [6.45, 7) is -0.637. The van der Waals surface area contributed by atoms with Crippen LogP contribution in [0.3, 0.4) is 0 Å². The molecule has 0 aliphatic carbocycles. The molecule has 9 nitrogen and oxygen atoms in total. The van der Waals surface area contributed by atoms with Crippen LogP contribution in [0.4, 0.5) is 5.82 Å². The third-order valence-corrected chi connectivity index (χ3v) is 3.56. The molecule has 9 heteroatoms. The summed E-state index contributed by atoms with van der Waals surface area (Å²) in [5.41, 5.74) is 4.66. The molecule has 1 aliphatic heterocycles. The number of aromatic nitrogens is 4. The van der Waals surface area contributed by atoms with Crippen molar-refractivity contribution in [3.05, 3.63) is 12.7 Å². The van der Waals surface area contributed by atoms with Crippen LogP contribution in [0, 0.1) is 12.3 Å². The number of hydrogen-bond donors (Lipinski definition) is 4. The summed E-state index contributed by atoms with van der Waals surface area (Å²) < 4.78 is 6.88. The van der Waals surface area contributed by atoms with E-state index in [2.05, 4.69) is 20.9 Å². The number of nitrogens with two attached hydrogens (primary N) is 1. The van der Waals surface area contributed by atoms with Crippen LogP contribution in [0.1, 0.15) is 6.23 Å². The van der Waals surface area contributed by atoms with Crippen molar-refractivity contribution in [1.82, 2.24) is 19.5 Å². The molecule has 0 saturated carbocycles. The highest BCUT2D eigenvalue weighted by atomic mass is 16.6. The molecule has 110 valence electrons. The summed E-state index contributed by atoms with van der Waals surface area (Å²) in [5, 5.41) is 29.6. The van der Waals surface area contributed by atoms with E-state index in [1.54, 1.807) is 0 Å². The lowest BCUT2D eigenvalue weighted by molar-refractivity contribution is -0.0911. The lowest BCUT2D eigenvalue weighted by Crippen LogP contribution is -2.44. The maximum absolute atomic E-state index is 10.2. The average Bonchev–Trinajstić information content (AvgIpc) is 3.02. The fraction of sp³-hybridized carbons (Fsp3) is 0.417. The Kier molecular flexibility index (Phi) is 3.03. The molecular weight excluding hydrogens is 278 g/mol. The van der Waals surface area contributed by atoms with Crippen molar-refractivity contribution in [1.29, 1.82) is 0 Å². The highest BCUT2D eigenvalue weighted by Crippen LogP contribution is 2.37. The van der Waals surface area contributed by atoms with Gasteiger partial charge in [-0.05, 0) is 0 Å². The molecule has 5 N–H and O–H groups in total. The molecule has 1 fully saturated rings. The van der Waals surface area contributed by atoms with E-state index < -0.39 is 30.6 Å². The summed E-state index contributed by atoms with van der Waals surface area (Å²) >= 11 is 0. The predicted molar refractivity (Wildman–Crippen MR) is 70.5 cm³/mol. The van der Waals surface area contributed by atoms with E-state index in [1.165, 1.54) is 17.2 Å². The SMILES string of the molecule is C#C[C@]1(CO)OC(n2cnc3c(N)ncnc32)[C@@H](O)[C@@H]1O. The second-order valence-electron chi connectivity index (χ2n) is 4.72. The summed E-state index contributed by atoms with van der Waals surface area (Å²) in [6, 6.07) is 0. The smallest absolute Gasteiger partial charge is 0.182 e.